The smallest absolute Gasteiger partial charge is 0.245 e. The SMILES string of the molecule is CCN(CC)CC(c1ccccc1Cl)N1CCN(C(=O)C(Cc2ccc(C)cc2)NC(=O)CC2NCCc3ccccc32)CC1. The molecule has 3 unspecified atom stereocenters. The number of carbonyl (C=O) groups is 2. The van der Waals surface area contributed by atoms with E-state index in [1.165, 1.54) is 16.7 Å². The Morgan fingerprint density at radius 2 is 1.64 bits per heavy atom. The van der Waals surface area contributed by atoms with E-state index >= 15 is 0 Å². The average molecular weight is 630 g/mol. The lowest BCUT2D eigenvalue weighted by Gasteiger charge is -2.42. The maximum Gasteiger partial charge on any atom is 0.245 e. The number of hydrogen-bond acceptors (Lipinski definition) is 5. The Hall–Kier alpha value is -3.23. The maximum absolute atomic E-state index is 14.1. The number of fused-ring (bicyclic) bond motifs is 1. The topological polar surface area (TPSA) is 67.9 Å². The van der Waals surface area contributed by atoms with Crippen LogP contribution in [0.15, 0.2) is 72.8 Å². The molecule has 0 radical (unpaired) electrons. The number of aryl methyl sites for hydroxylation is 1. The molecule has 2 aliphatic rings. The molecule has 1 saturated heterocycles. The van der Waals surface area contributed by atoms with Gasteiger partial charge in [0.25, 0.3) is 0 Å². The molecule has 3 aromatic rings. The van der Waals surface area contributed by atoms with E-state index < -0.39 is 6.04 Å². The number of benzene rings is 3. The Kier molecular flexibility index (Phi) is 11.7. The third-order valence-electron chi connectivity index (χ3n) is 9.46. The van der Waals surface area contributed by atoms with E-state index in [4.69, 9.17) is 11.6 Å². The van der Waals surface area contributed by atoms with Gasteiger partial charge in [0.15, 0.2) is 0 Å². The van der Waals surface area contributed by atoms with E-state index in [0.29, 0.717) is 25.9 Å². The molecule has 3 aromatic carbocycles. The number of nitrogens with one attached hydrogen (secondary N) is 2. The van der Waals surface area contributed by atoms with Crippen LogP contribution in [0.5, 0.6) is 0 Å². The van der Waals surface area contributed by atoms with E-state index in [2.05, 4.69) is 95.8 Å². The molecule has 7 nitrogen and oxygen atoms in total. The zero-order valence-electron chi connectivity index (χ0n) is 27.0. The van der Waals surface area contributed by atoms with E-state index in [1.54, 1.807) is 0 Å². The quantitative estimate of drug-likeness (QED) is 0.289. The summed E-state index contributed by atoms with van der Waals surface area (Å²) in [6.45, 7) is 12.8. The first-order valence-electron chi connectivity index (χ1n) is 16.5. The highest BCUT2D eigenvalue weighted by Crippen LogP contribution is 2.30. The van der Waals surface area contributed by atoms with Crippen molar-refractivity contribution in [2.45, 2.75) is 58.2 Å². The summed E-state index contributed by atoms with van der Waals surface area (Å²) in [6.07, 6.45) is 1.72. The predicted molar refractivity (Wildman–Crippen MR) is 182 cm³/mol. The fraction of sp³-hybridized carbons (Fsp3) is 0.459. The van der Waals surface area contributed by atoms with Crippen molar-refractivity contribution in [3.05, 3.63) is 106 Å². The normalized spacial score (nSPS) is 18.3. The van der Waals surface area contributed by atoms with Crippen molar-refractivity contribution >= 4 is 23.4 Å². The van der Waals surface area contributed by atoms with Gasteiger partial charge in [-0.1, -0.05) is 97.7 Å². The molecule has 240 valence electrons. The molecule has 0 aliphatic carbocycles. The number of nitrogens with zero attached hydrogens (tertiary/aromatic N) is 3. The van der Waals surface area contributed by atoms with Crippen molar-refractivity contribution in [1.82, 2.24) is 25.3 Å². The van der Waals surface area contributed by atoms with Crippen LogP contribution < -0.4 is 10.6 Å². The first kappa shape index (κ1) is 33.1. The fourth-order valence-corrected chi connectivity index (χ4v) is 6.99. The molecule has 3 atom stereocenters. The van der Waals surface area contributed by atoms with Crippen LogP contribution in [0.3, 0.4) is 0 Å². The number of halogens is 1. The molecule has 2 N–H and O–H groups in total. The van der Waals surface area contributed by atoms with Crippen LogP contribution >= 0.6 is 11.6 Å². The van der Waals surface area contributed by atoms with Gasteiger partial charge in [0, 0.05) is 62.7 Å². The Morgan fingerprint density at radius 1 is 0.956 bits per heavy atom. The van der Waals surface area contributed by atoms with E-state index in [1.807, 2.05) is 23.1 Å². The van der Waals surface area contributed by atoms with Gasteiger partial charge in [0.05, 0.1) is 0 Å². The summed E-state index contributed by atoms with van der Waals surface area (Å²) >= 11 is 6.71. The van der Waals surface area contributed by atoms with Crippen molar-refractivity contribution in [3.63, 3.8) is 0 Å². The van der Waals surface area contributed by atoms with Crippen LogP contribution in [0.25, 0.3) is 0 Å². The van der Waals surface area contributed by atoms with Gasteiger partial charge in [-0.2, -0.15) is 0 Å². The molecule has 2 amide bonds. The first-order valence-corrected chi connectivity index (χ1v) is 16.9. The third kappa shape index (κ3) is 8.53. The Bertz CT molecular complexity index is 1420. The molecule has 8 heteroatoms. The summed E-state index contributed by atoms with van der Waals surface area (Å²) in [5.41, 5.74) is 5.80. The monoisotopic (exact) mass is 629 g/mol. The number of likely N-dealkylation sites (N-methyl/N-ethyl adjacent to an activating group) is 1. The second-order valence-electron chi connectivity index (χ2n) is 12.4. The molecule has 0 bridgehead atoms. The molecule has 0 aromatic heterocycles. The van der Waals surface area contributed by atoms with Crippen molar-refractivity contribution in [1.29, 1.82) is 0 Å². The van der Waals surface area contributed by atoms with Crippen LogP contribution in [-0.2, 0) is 22.4 Å². The molecular formula is C37H48ClN5O2. The zero-order chi connectivity index (χ0) is 31.8. The van der Waals surface area contributed by atoms with Crippen molar-refractivity contribution < 1.29 is 9.59 Å². The van der Waals surface area contributed by atoms with E-state index in [0.717, 1.165) is 61.8 Å². The summed E-state index contributed by atoms with van der Waals surface area (Å²) < 4.78 is 0. The standard InChI is InChI=1S/C37H48ClN5O2/c1-4-41(5-2)26-35(31-12-8-9-13-32(31)38)42-20-22-43(23-21-42)37(45)34(24-28-16-14-27(3)15-17-28)40-36(44)25-33-30-11-7-6-10-29(30)18-19-39-33/h6-17,33-35,39H,4-5,18-26H2,1-3H3,(H,40,44). The van der Waals surface area contributed by atoms with Crippen LogP contribution in [0.4, 0.5) is 0 Å². The number of rotatable bonds is 12. The highest BCUT2D eigenvalue weighted by molar-refractivity contribution is 6.31. The van der Waals surface area contributed by atoms with E-state index in [9.17, 15) is 9.59 Å². The Morgan fingerprint density at radius 3 is 2.36 bits per heavy atom. The second-order valence-corrected chi connectivity index (χ2v) is 12.8. The molecule has 0 saturated carbocycles. The average Bonchev–Trinajstić information content (AvgIpc) is 3.06. The zero-order valence-corrected chi connectivity index (χ0v) is 27.7. The maximum atomic E-state index is 14.1. The van der Waals surface area contributed by atoms with Gasteiger partial charge in [0.2, 0.25) is 11.8 Å². The van der Waals surface area contributed by atoms with Gasteiger partial charge < -0.3 is 20.4 Å². The number of piperazine rings is 1. The number of amides is 2. The largest absolute Gasteiger partial charge is 0.344 e. The van der Waals surface area contributed by atoms with Crippen molar-refractivity contribution in [2.24, 2.45) is 0 Å². The second kappa shape index (κ2) is 15.9. The molecule has 2 heterocycles. The molecule has 45 heavy (non-hydrogen) atoms. The number of carbonyl (C=O) groups excluding carboxylic acids is 2. The van der Waals surface area contributed by atoms with Gasteiger partial charge in [-0.05, 0) is 61.3 Å². The molecule has 0 spiro atoms. The fourth-order valence-electron chi connectivity index (χ4n) is 6.73. The summed E-state index contributed by atoms with van der Waals surface area (Å²) in [4.78, 5) is 34.4. The van der Waals surface area contributed by atoms with Gasteiger partial charge in [-0.15, -0.1) is 0 Å². The summed E-state index contributed by atoms with van der Waals surface area (Å²) in [6, 6.07) is 24.1. The summed E-state index contributed by atoms with van der Waals surface area (Å²) in [7, 11) is 0. The molecule has 2 aliphatic heterocycles. The lowest BCUT2D eigenvalue weighted by Crippen LogP contribution is -2.56. The van der Waals surface area contributed by atoms with E-state index in [-0.39, 0.29) is 23.9 Å². The minimum atomic E-state index is -0.624. The molecule has 5 rings (SSSR count). The lowest BCUT2D eigenvalue weighted by molar-refractivity contribution is -0.138. The minimum Gasteiger partial charge on any atom is -0.344 e. The van der Waals surface area contributed by atoms with Crippen LogP contribution in [0.2, 0.25) is 5.02 Å². The molecule has 1 fully saturated rings. The third-order valence-corrected chi connectivity index (χ3v) is 9.80. The van der Waals surface area contributed by atoms with Gasteiger partial charge in [-0.3, -0.25) is 14.5 Å². The van der Waals surface area contributed by atoms with Gasteiger partial charge >= 0.3 is 0 Å². The minimum absolute atomic E-state index is 0.0152. The summed E-state index contributed by atoms with van der Waals surface area (Å²) in [5, 5.41) is 7.45. The van der Waals surface area contributed by atoms with Gasteiger partial charge in [-0.25, -0.2) is 0 Å². The number of hydrogen-bond donors (Lipinski definition) is 2. The Balaban J connectivity index is 1.28. The predicted octanol–water partition coefficient (Wildman–Crippen LogP) is 5.18. The van der Waals surface area contributed by atoms with Crippen molar-refractivity contribution in [3.8, 4) is 0 Å². The highest BCUT2D eigenvalue weighted by Gasteiger charge is 2.33. The van der Waals surface area contributed by atoms with Crippen molar-refractivity contribution in [2.75, 3.05) is 52.4 Å². The lowest BCUT2D eigenvalue weighted by atomic mass is 9.92. The van der Waals surface area contributed by atoms with Gasteiger partial charge in [0.1, 0.15) is 6.04 Å². The van der Waals surface area contributed by atoms with Crippen LogP contribution in [0, 0.1) is 6.92 Å². The highest BCUT2D eigenvalue weighted by atomic mass is 35.5. The van der Waals surface area contributed by atoms with Crippen LogP contribution in [0.1, 0.15) is 60.2 Å². The van der Waals surface area contributed by atoms with Crippen LogP contribution in [-0.4, -0.2) is 84.9 Å². The Labute approximate surface area is 273 Å². The first-order chi connectivity index (χ1) is 21.9. The summed E-state index contributed by atoms with van der Waals surface area (Å²) in [5.74, 6) is -0.120. The molecular weight excluding hydrogens is 582 g/mol.